The highest BCUT2D eigenvalue weighted by molar-refractivity contribution is 5.94. The van der Waals surface area contributed by atoms with E-state index in [-0.39, 0.29) is 32.4 Å². The van der Waals surface area contributed by atoms with Gasteiger partial charge in [-0.1, -0.05) is 0 Å². The minimum Gasteiger partial charge on any atom is -0.480 e. The zero-order valence-electron chi connectivity index (χ0n) is 46.5. The topological polar surface area (TPSA) is 565 Å². The Labute approximate surface area is 475 Å². The van der Waals surface area contributed by atoms with E-state index in [0.29, 0.717) is 0 Å². The summed E-state index contributed by atoms with van der Waals surface area (Å²) in [6.45, 7) is 3.48. The van der Waals surface area contributed by atoms with E-state index in [9.17, 15) is 93.0 Å². The Morgan fingerprint density at radius 2 is 1.11 bits per heavy atom. The standard InChI is InChI=1S/C47H79N13O23/c1-19(54-33(69)16-53-32(68)15-52-31(67)14-51-30(66)13-48)41(73)50-12-8-7-9-26(44(76)56-21(3)45(77)78)59-29(65)11-10-25(40(49)72)60-42(74)20(2)55-43(75)22(4)80-39-35(58-24(6)64)46(79)81-28(18-62)38(39)83-47-34(57-23(5)63)37(71)36(70)27(17-61)82-47/h19-22,25-28,34-39,46-47,61-62,70-71,79H,7-18,48H2,1-6H3,(H2,49,72)(H,50,73)(H,51,66)(H,52,67)(H,53,68)(H,54,69)(H,55,75)(H,56,76)(H,57,63)(H,58,64)(H,59,65)(H,60,74)(H,77,78). The van der Waals surface area contributed by atoms with Crippen LogP contribution in [0.4, 0.5) is 0 Å². The summed E-state index contributed by atoms with van der Waals surface area (Å²) in [5.41, 5.74) is 10.7. The number of hydrogen-bond acceptors (Lipinski definition) is 23. The lowest BCUT2D eigenvalue weighted by Gasteiger charge is -2.48. The fourth-order valence-corrected chi connectivity index (χ4v) is 7.92. The maximum absolute atomic E-state index is 13.6. The number of hydrogen-bond donors (Lipinski definition) is 19. The number of aliphatic carboxylic acids is 1. The van der Waals surface area contributed by atoms with Crippen molar-refractivity contribution in [2.45, 2.75) is 171 Å². The van der Waals surface area contributed by atoms with E-state index < -0.39 is 220 Å². The maximum atomic E-state index is 13.6. The molecule has 470 valence electrons. The Kier molecular flexibility index (Phi) is 30.8. The van der Waals surface area contributed by atoms with Crippen LogP contribution in [-0.4, -0.2) is 251 Å². The Balaban J connectivity index is 2.05. The van der Waals surface area contributed by atoms with Gasteiger partial charge in [0.2, 0.25) is 70.9 Å². The van der Waals surface area contributed by atoms with Gasteiger partial charge in [0, 0.05) is 26.8 Å². The van der Waals surface area contributed by atoms with Gasteiger partial charge in [-0.2, -0.15) is 0 Å². The molecule has 0 spiro atoms. The van der Waals surface area contributed by atoms with Gasteiger partial charge in [0.1, 0.15) is 85.0 Å². The number of nitrogens with two attached hydrogens (primary N) is 2. The number of aliphatic hydroxyl groups excluding tert-OH is 5. The minimum atomic E-state index is -1.92. The largest absolute Gasteiger partial charge is 0.480 e. The number of unbranched alkanes of at least 4 members (excludes halogenated alkanes) is 1. The number of nitrogens with one attached hydrogen (secondary N) is 11. The van der Waals surface area contributed by atoms with Gasteiger partial charge in [0.15, 0.2) is 12.6 Å². The third kappa shape index (κ3) is 24.6. The van der Waals surface area contributed by atoms with Gasteiger partial charge in [0.05, 0.1) is 39.4 Å². The summed E-state index contributed by atoms with van der Waals surface area (Å²) < 4.78 is 23.2. The molecule has 0 aromatic heterocycles. The van der Waals surface area contributed by atoms with E-state index in [1.165, 1.54) is 27.7 Å². The smallest absolute Gasteiger partial charge is 0.325 e. The third-order valence-electron chi connectivity index (χ3n) is 12.5. The molecular weight excluding hydrogens is 1110 g/mol. The Bertz CT molecular complexity index is 2280. The molecule has 16 atom stereocenters. The van der Waals surface area contributed by atoms with Crippen LogP contribution in [0.2, 0.25) is 0 Å². The van der Waals surface area contributed by atoms with E-state index in [1.54, 1.807) is 0 Å². The molecule has 2 fully saturated rings. The van der Waals surface area contributed by atoms with Gasteiger partial charge in [0.25, 0.3) is 0 Å². The first-order valence-electron chi connectivity index (χ1n) is 26.2. The van der Waals surface area contributed by atoms with Gasteiger partial charge in [-0.15, -0.1) is 0 Å². The number of rotatable bonds is 34. The first-order valence-corrected chi connectivity index (χ1v) is 26.2. The molecular formula is C47H79N13O23. The highest BCUT2D eigenvalue weighted by Crippen LogP contribution is 2.31. The molecule has 36 heteroatoms. The molecule has 2 aliphatic rings. The lowest BCUT2D eigenvalue weighted by atomic mass is 9.94. The lowest BCUT2D eigenvalue weighted by molar-refractivity contribution is -0.333. The summed E-state index contributed by atoms with van der Waals surface area (Å²) >= 11 is 0. The highest BCUT2D eigenvalue weighted by atomic mass is 16.7. The van der Waals surface area contributed by atoms with Crippen molar-refractivity contribution in [2.75, 3.05) is 45.9 Å². The van der Waals surface area contributed by atoms with Crippen molar-refractivity contribution >= 4 is 76.9 Å². The monoisotopic (exact) mass is 1190 g/mol. The molecule has 0 bridgehead atoms. The second-order valence-electron chi connectivity index (χ2n) is 19.3. The van der Waals surface area contributed by atoms with Crippen molar-refractivity contribution in [3.8, 4) is 0 Å². The summed E-state index contributed by atoms with van der Waals surface area (Å²) in [6.07, 6.45) is -15.8. The molecule has 36 nitrogen and oxygen atoms in total. The summed E-state index contributed by atoms with van der Waals surface area (Å²) in [7, 11) is 0. The van der Waals surface area contributed by atoms with Crippen LogP contribution in [0.3, 0.4) is 0 Å². The van der Waals surface area contributed by atoms with E-state index in [1.807, 2.05) is 0 Å². The van der Waals surface area contributed by atoms with Crippen LogP contribution in [-0.2, 0) is 81.3 Å². The van der Waals surface area contributed by atoms with Gasteiger partial charge in [-0.25, -0.2) is 0 Å². The Morgan fingerprint density at radius 1 is 0.554 bits per heavy atom. The average Bonchev–Trinajstić information content (AvgIpc) is 3.55. The zero-order chi connectivity index (χ0) is 62.8. The first-order chi connectivity index (χ1) is 38.9. The fourth-order valence-electron chi connectivity index (χ4n) is 7.92. The molecule has 2 rings (SSSR count). The molecule has 0 aliphatic carbocycles. The van der Waals surface area contributed by atoms with Crippen LogP contribution in [0.15, 0.2) is 0 Å². The van der Waals surface area contributed by atoms with Crippen LogP contribution >= 0.6 is 0 Å². The Hall–Kier alpha value is -7.29. The van der Waals surface area contributed by atoms with Crippen molar-refractivity contribution in [3.63, 3.8) is 0 Å². The van der Waals surface area contributed by atoms with E-state index in [2.05, 4.69) is 58.5 Å². The second-order valence-corrected chi connectivity index (χ2v) is 19.3. The summed E-state index contributed by atoms with van der Waals surface area (Å²) in [4.78, 5) is 162. The van der Waals surface area contributed by atoms with Gasteiger partial charge >= 0.3 is 5.97 Å². The first kappa shape index (κ1) is 71.8. The number of ether oxygens (including phenoxy) is 4. The van der Waals surface area contributed by atoms with Crippen LogP contribution in [0, 0.1) is 0 Å². The zero-order valence-corrected chi connectivity index (χ0v) is 46.5. The number of aliphatic hydroxyl groups is 5. The van der Waals surface area contributed by atoms with Gasteiger partial charge in [-0.05, 0) is 53.4 Å². The molecule has 0 aromatic carbocycles. The molecule has 0 aromatic rings. The van der Waals surface area contributed by atoms with Gasteiger partial charge < -0.3 is 120 Å². The fraction of sp³-hybridized carbons (Fsp3) is 0.723. The molecule has 83 heavy (non-hydrogen) atoms. The molecule has 16 unspecified atom stereocenters. The van der Waals surface area contributed by atoms with Gasteiger partial charge in [-0.3, -0.25) is 62.3 Å². The SMILES string of the molecule is CC(=O)NC1C(OC2C(CO)OC(O)C(NC(C)=O)C2OC(C)C(=O)NC(C)C(=O)NC(CCC(=O)NC(CCCCNC(=O)C(C)NC(=O)CNC(=O)CNC(=O)CNC(=O)CN)C(=O)NC(C)C(=O)O)C(N)=O)OC(CO)C(O)C1O. The predicted molar refractivity (Wildman–Crippen MR) is 278 cm³/mol. The lowest BCUT2D eigenvalue weighted by Crippen LogP contribution is -2.70. The molecule has 2 heterocycles. The number of amides is 12. The van der Waals surface area contributed by atoms with E-state index in [4.69, 9.17) is 30.4 Å². The maximum Gasteiger partial charge on any atom is 0.325 e. The third-order valence-corrected chi connectivity index (χ3v) is 12.5. The van der Waals surface area contributed by atoms with Crippen molar-refractivity contribution in [3.05, 3.63) is 0 Å². The number of carboxylic acids is 1. The van der Waals surface area contributed by atoms with Crippen LogP contribution in [0.1, 0.15) is 73.6 Å². The minimum absolute atomic E-state index is 0.00464. The molecule has 0 saturated carbocycles. The predicted octanol–water partition coefficient (Wildman–Crippen LogP) is -11.3. The van der Waals surface area contributed by atoms with Crippen molar-refractivity contribution in [1.82, 2.24) is 58.5 Å². The molecule has 2 aliphatic heterocycles. The highest BCUT2D eigenvalue weighted by Gasteiger charge is 2.53. The van der Waals surface area contributed by atoms with Crippen LogP contribution in [0.5, 0.6) is 0 Å². The second kappa shape index (κ2) is 35.6. The molecule has 12 amide bonds. The van der Waals surface area contributed by atoms with E-state index in [0.717, 1.165) is 13.8 Å². The van der Waals surface area contributed by atoms with Crippen LogP contribution in [0.25, 0.3) is 0 Å². The number of carbonyl (C=O) groups excluding carboxylic acids is 12. The molecule has 2 saturated heterocycles. The van der Waals surface area contributed by atoms with Crippen molar-refractivity contribution in [2.24, 2.45) is 11.5 Å². The van der Waals surface area contributed by atoms with Crippen LogP contribution < -0.4 is 70.0 Å². The normalized spacial score (nSPS) is 24.2. The summed E-state index contributed by atoms with van der Waals surface area (Å²) in [5.74, 6) is -11.2. The molecule has 0 radical (unpaired) electrons. The Morgan fingerprint density at radius 3 is 1.66 bits per heavy atom. The quantitative estimate of drug-likeness (QED) is 0.0266. The van der Waals surface area contributed by atoms with Crippen molar-refractivity contribution < 1.29 is 112 Å². The molecule has 21 N–H and O–H groups in total. The number of carboxylic acid groups (broad SMARTS) is 1. The summed E-state index contributed by atoms with van der Waals surface area (Å²) in [6, 6.07) is -9.94. The average molecular weight is 1190 g/mol. The number of carbonyl (C=O) groups is 13. The van der Waals surface area contributed by atoms with Crippen molar-refractivity contribution in [1.29, 1.82) is 0 Å². The number of primary amides is 1. The summed E-state index contributed by atoms with van der Waals surface area (Å²) in [5, 5.41) is 87.5. The van der Waals surface area contributed by atoms with E-state index >= 15 is 0 Å².